The van der Waals surface area contributed by atoms with Crippen LogP contribution in [0.4, 0.5) is 29.3 Å². The smallest absolute Gasteiger partial charge is 0.497 e. The van der Waals surface area contributed by atoms with Crippen LogP contribution in [0.25, 0.3) is 17.1 Å². The Bertz CT molecular complexity index is 1790. The number of nitrogens with one attached hydrogen (secondary N) is 2. The van der Waals surface area contributed by atoms with E-state index in [1.165, 1.54) is 58.8 Å². The van der Waals surface area contributed by atoms with Crippen LogP contribution in [0.1, 0.15) is 18.9 Å². The molecule has 1 fully saturated rings. The van der Waals surface area contributed by atoms with E-state index in [4.69, 9.17) is 23.9 Å². The molecule has 0 aliphatic carbocycles. The molecule has 1 aliphatic heterocycles. The Balaban J connectivity index is 1.23. The van der Waals surface area contributed by atoms with Crippen molar-refractivity contribution in [2.45, 2.75) is 50.4 Å². The van der Waals surface area contributed by atoms with E-state index in [1.807, 2.05) is 26.0 Å². The molecule has 2 N–H and O–H groups in total. The normalized spacial score (nSPS) is 19.4. The number of rotatable bonds is 11. The van der Waals surface area contributed by atoms with E-state index in [2.05, 4.69) is 25.5 Å². The van der Waals surface area contributed by atoms with E-state index in [1.54, 1.807) is 51.7 Å². The van der Waals surface area contributed by atoms with Crippen molar-refractivity contribution in [2.75, 3.05) is 31.7 Å². The molecule has 4 aromatic rings. The van der Waals surface area contributed by atoms with Gasteiger partial charge in [0.05, 0.1) is 30.7 Å². The van der Waals surface area contributed by atoms with Crippen LogP contribution in [-0.4, -0.2) is 82.5 Å². The molecule has 1 saturated heterocycles. The third kappa shape index (κ3) is 10.6. The molecule has 3 aromatic carbocycles. The molecule has 2 heterocycles. The molecule has 0 radical (unpaired) electrons. The van der Waals surface area contributed by atoms with Crippen molar-refractivity contribution >= 4 is 46.1 Å². The van der Waals surface area contributed by atoms with Gasteiger partial charge in [-0.25, -0.2) is 19.5 Å². The minimum Gasteiger partial charge on any atom is -0.497 e. The molecule has 4 unspecified atom stereocenters. The lowest BCUT2D eigenvalue weighted by atomic mass is 10.0. The lowest BCUT2D eigenvalue weighted by Crippen LogP contribution is -2.48. The summed E-state index contributed by atoms with van der Waals surface area (Å²) in [4.78, 5) is 22.3. The summed E-state index contributed by atoms with van der Waals surface area (Å²) < 4.78 is 65.6. The number of aryl methyl sites for hydroxylation is 1. The minimum absolute atomic E-state index is 0.00298. The third-order valence-corrected chi connectivity index (χ3v) is 9.83. The van der Waals surface area contributed by atoms with E-state index in [0.29, 0.717) is 44.5 Å². The summed E-state index contributed by atoms with van der Waals surface area (Å²) in [6, 6.07) is 17.1. The maximum absolute atomic E-state index is 13.2. The monoisotopic (exact) mass is 746 g/mol. The van der Waals surface area contributed by atoms with Gasteiger partial charge < -0.3 is 29.0 Å². The predicted molar refractivity (Wildman–Crippen MR) is 191 cm³/mol. The molecular weight excluding hydrogens is 710 g/mol. The summed E-state index contributed by atoms with van der Waals surface area (Å²) in [6.45, 7) is 3.91. The maximum Gasteiger partial charge on any atom is 0.573 e. The van der Waals surface area contributed by atoms with Gasteiger partial charge in [-0.15, -0.1) is 30.0 Å². The van der Waals surface area contributed by atoms with E-state index >= 15 is 0 Å². The van der Waals surface area contributed by atoms with E-state index < -0.39 is 12.4 Å². The Kier molecular flexibility index (Phi) is 12.9. The Morgan fingerprint density at radius 2 is 1.76 bits per heavy atom. The summed E-state index contributed by atoms with van der Waals surface area (Å²) in [5, 5.41) is 11.0. The molecule has 2 amide bonds. The van der Waals surface area contributed by atoms with E-state index in [-0.39, 0.29) is 29.5 Å². The average molecular weight is 747 g/mol. The zero-order valence-electron chi connectivity index (χ0n) is 28.3. The van der Waals surface area contributed by atoms with Crippen molar-refractivity contribution in [1.29, 1.82) is 0 Å². The molecule has 4 atom stereocenters. The number of halogens is 3. The maximum atomic E-state index is 13.2. The number of ether oxygens (including phenoxy) is 5. The molecule has 1 aromatic heterocycles. The van der Waals surface area contributed by atoms with Crippen molar-refractivity contribution in [3.05, 3.63) is 78.6 Å². The van der Waals surface area contributed by atoms with Crippen molar-refractivity contribution in [3.63, 3.8) is 0 Å². The van der Waals surface area contributed by atoms with Gasteiger partial charge in [0.1, 0.15) is 29.4 Å². The Labute approximate surface area is 301 Å². The highest BCUT2D eigenvalue weighted by molar-refractivity contribution is 8.24. The van der Waals surface area contributed by atoms with Crippen LogP contribution in [0.3, 0.4) is 0 Å². The fourth-order valence-electron chi connectivity index (χ4n) is 5.15. The molecule has 0 spiro atoms. The predicted octanol–water partition coefficient (Wildman–Crippen LogP) is 7.55. The number of amidine groups is 1. The van der Waals surface area contributed by atoms with Crippen LogP contribution >= 0.6 is 23.5 Å². The number of methoxy groups -OCH3 is 3. The molecule has 0 bridgehead atoms. The second-order valence-corrected chi connectivity index (χ2v) is 13.7. The molecule has 17 heteroatoms. The highest BCUT2D eigenvalue weighted by Gasteiger charge is 2.38. The van der Waals surface area contributed by atoms with Crippen molar-refractivity contribution in [1.82, 2.24) is 20.1 Å². The standard InChI is InChI=1S/C34H37F3N6O6S2/c1-20-16-26(45-3)14-15-27(20)40-33(51-19-50-31-29(47-5)28(46-4)17-21(2)48-31)41-32(44)39-23-8-6-22(7-9-23)30-38-18-43(42-30)24-10-12-25(13-11-24)49-34(35,36)37/h6-16,18,21,28-29,31H,17,19H2,1-5H3,(H2,39,40,41,44). The number of hydrogen-bond donors (Lipinski definition) is 2. The minimum atomic E-state index is -4.78. The van der Waals surface area contributed by atoms with Crippen molar-refractivity contribution < 1.29 is 41.7 Å². The van der Waals surface area contributed by atoms with Gasteiger partial charge in [0.15, 0.2) is 11.0 Å². The largest absolute Gasteiger partial charge is 0.573 e. The first kappa shape index (κ1) is 38.0. The molecule has 51 heavy (non-hydrogen) atoms. The number of anilines is 1. The first-order valence-electron chi connectivity index (χ1n) is 15.6. The fraction of sp³-hybridized carbons (Fsp3) is 0.353. The van der Waals surface area contributed by atoms with Gasteiger partial charge in [0.2, 0.25) is 0 Å². The molecule has 5 rings (SSSR count). The molecule has 12 nitrogen and oxygen atoms in total. The van der Waals surface area contributed by atoms with Gasteiger partial charge in [-0.1, -0.05) is 11.8 Å². The number of aromatic nitrogens is 3. The number of nitrogens with zero attached hydrogens (tertiary/aromatic N) is 4. The van der Waals surface area contributed by atoms with Gasteiger partial charge >= 0.3 is 12.4 Å². The SMILES string of the molecule is COc1ccc(N=C(NC(=O)Nc2ccc(-c3ncn(-c4ccc(OC(F)(F)F)cc4)n3)cc2)SCSC2OC(C)CC(OC)C2OC)c(C)c1. The lowest BCUT2D eigenvalue weighted by molar-refractivity contribution is -0.274. The second kappa shape index (κ2) is 17.3. The van der Waals surface area contributed by atoms with Crippen LogP contribution in [-0.2, 0) is 14.2 Å². The van der Waals surface area contributed by atoms with Gasteiger partial charge in [0.25, 0.3) is 0 Å². The third-order valence-electron chi connectivity index (χ3n) is 7.64. The number of alkyl halides is 3. The Morgan fingerprint density at radius 1 is 1.04 bits per heavy atom. The number of carbonyl (C=O) groups is 1. The molecule has 1 aliphatic rings. The quantitative estimate of drug-likeness (QED) is 0.0902. The first-order chi connectivity index (χ1) is 24.4. The fourth-order valence-corrected chi connectivity index (χ4v) is 7.48. The number of amides is 2. The zero-order chi connectivity index (χ0) is 36.5. The number of thioether (sulfide) groups is 2. The number of benzene rings is 3. The summed E-state index contributed by atoms with van der Waals surface area (Å²) in [5.74, 6) is 0.737. The van der Waals surface area contributed by atoms with Crippen molar-refractivity contribution in [3.8, 4) is 28.6 Å². The summed E-state index contributed by atoms with van der Waals surface area (Å²) in [6.07, 6.45) is -2.95. The number of hydrogen-bond acceptors (Lipinski definition) is 11. The first-order valence-corrected chi connectivity index (χ1v) is 17.6. The second-order valence-electron chi connectivity index (χ2n) is 11.2. The summed E-state index contributed by atoms with van der Waals surface area (Å²) >= 11 is 2.89. The number of urea groups is 1. The van der Waals surface area contributed by atoms with Crippen LogP contribution < -0.4 is 20.1 Å². The molecule has 272 valence electrons. The van der Waals surface area contributed by atoms with Crippen molar-refractivity contribution in [2.24, 2.45) is 4.99 Å². The van der Waals surface area contributed by atoms with E-state index in [9.17, 15) is 18.0 Å². The summed E-state index contributed by atoms with van der Waals surface area (Å²) in [5.41, 5.74) is 2.93. The Hall–Kier alpha value is -4.29. The van der Waals surface area contributed by atoms with Crippen LogP contribution in [0.15, 0.2) is 78.0 Å². The van der Waals surface area contributed by atoms with Gasteiger partial charge in [-0.05, 0) is 86.1 Å². The highest BCUT2D eigenvalue weighted by atomic mass is 32.2. The van der Waals surface area contributed by atoms with Crippen LogP contribution in [0, 0.1) is 6.92 Å². The number of carbonyl (C=O) groups excluding carboxylic acids is 1. The molecular formula is C34H37F3N6O6S2. The van der Waals surface area contributed by atoms with Crippen LogP contribution in [0.5, 0.6) is 11.5 Å². The lowest BCUT2D eigenvalue weighted by Gasteiger charge is -2.39. The zero-order valence-corrected chi connectivity index (χ0v) is 30.0. The van der Waals surface area contributed by atoms with Gasteiger partial charge in [0, 0.05) is 37.0 Å². The van der Waals surface area contributed by atoms with E-state index in [0.717, 1.165) is 12.0 Å². The topological polar surface area (TPSA) is 130 Å². The van der Waals surface area contributed by atoms with Gasteiger partial charge in [-0.2, -0.15) is 0 Å². The number of aliphatic imine (C=N–C) groups is 1. The molecule has 0 saturated carbocycles. The summed E-state index contributed by atoms with van der Waals surface area (Å²) in [7, 11) is 4.90. The highest BCUT2D eigenvalue weighted by Crippen LogP contribution is 2.34. The van der Waals surface area contributed by atoms with Crippen LogP contribution in [0.2, 0.25) is 0 Å². The van der Waals surface area contributed by atoms with Gasteiger partial charge in [-0.3, -0.25) is 5.32 Å². The Morgan fingerprint density at radius 3 is 2.41 bits per heavy atom. The average Bonchev–Trinajstić information content (AvgIpc) is 3.59.